The van der Waals surface area contributed by atoms with Crippen LogP contribution in [-0.2, 0) is 9.53 Å². The van der Waals surface area contributed by atoms with Crippen LogP contribution < -0.4 is 20.8 Å². The number of alkyl halides is 2. The van der Waals surface area contributed by atoms with Crippen molar-refractivity contribution in [3.63, 3.8) is 0 Å². The van der Waals surface area contributed by atoms with Crippen LogP contribution in [0.1, 0.15) is 47.6 Å². The number of carbonyl (C=O) groups is 2. The number of hydrazine groups is 1. The highest BCUT2D eigenvalue weighted by Crippen LogP contribution is 2.44. The maximum Gasteiger partial charge on any atom is 0.387 e. The molecule has 0 radical (unpaired) electrons. The van der Waals surface area contributed by atoms with Crippen LogP contribution in [0.5, 0.6) is 5.75 Å². The Kier molecular flexibility index (Phi) is 9.19. The predicted molar refractivity (Wildman–Crippen MR) is 170 cm³/mol. The number of nitriles is 1. The SMILES string of the molecule is N#CC1(CNC2CCN(C(=O)CN3C=C(NC(=O)c4cnn5cccnc45)C(c4cc(SC5COC5)ccc4OC(F)F)N3)CC2)CC1. The first-order valence-electron chi connectivity index (χ1n) is 15.9. The first-order chi connectivity index (χ1) is 23.3. The molecule has 16 heteroatoms. The van der Waals surface area contributed by atoms with E-state index in [1.165, 1.54) is 16.8 Å². The van der Waals surface area contributed by atoms with E-state index in [0.717, 1.165) is 30.6 Å². The normalized spacial score (nSPS) is 20.8. The zero-order valence-corrected chi connectivity index (χ0v) is 26.8. The van der Waals surface area contributed by atoms with Crippen molar-refractivity contribution in [2.45, 2.75) is 54.5 Å². The van der Waals surface area contributed by atoms with Crippen LogP contribution in [0.4, 0.5) is 8.78 Å². The molecule has 3 aliphatic heterocycles. The Balaban J connectivity index is 1.09. The second-order valence-electron chi connectivity index (χ2n) is 12.5. The van der Waals surface area contributed by atoms with Gasteiger partial charge in [-0.3, -0.25) is 9.59 Å². The lowest BCUT2D eigenvalue weighted by molar-refractivity contribution is -0.133. The fourth-order valence-corrected chi connectivity index (χ4v) is 7.09. The van der Waals surface area contributed by atoms with Gasteiger partial charge in [-0.15, -0.1) is 11.8 Å². The number of hydrogen-bond donors (Lipinski definition) is 3. The standard InChI is InChI=1S/C32H35F2N9O4S/c33-31(34)47-26-3-2-21(48-22-16-46-17-22)12-23(26)28-25(39-30(45)24-13-38-43-9-1-8-36-29(24)43)14-42(40-28)15-27(44)41-10-4-20(5-11-41)37-19-32(18-35)6-7-32/h1-3,8-9,12-14,20,22,28,31,37,40H,4-7,10-11,15-17,19H2,(H,39,45). The van der Waals surface area contributed by atoms with Crippen LogP contribution in [-0.4, -0.2) is 93.6 Å². The number of carbonyl (C=O) groups excluding carboxylic acids is 2. The second kappa shape index (κ2) is 13.7. The van der Waals surface area contributed by atoms with E-state index in [2.05, 4.69) is 32.2 Å². The summed E-state index contributed by atoms with van der Waals surface area (Å²) in [6.45, 7) is -0.122. The van der Waals surface area contributed by atoms with Crippen LogP contribution in [0.15, 0.2) is 59.6 Å². The lowest BCUT2D eigenvalue weighted by atomic mass is 10.0. The third-order valence-electron chi connectivity index (χ3n) is 9.07. The molecule has 1 atom stereocenters. The maximum absolute atomic E-state index is 13.6. The third-order valence-corrected chi connectivity index (χ3v) is 10.2. The minimum atomic E-state index is -3.07. The number of thioether (sulfide) groups is 1. The van der Waals surface area contributed by atoms with Gasteiger partial charge in [-0.25, -0.2) is 14.9 Å². The molecule has 252 valence electrons. The fraction of sp³-hybridized carbons (Fsp3) is 0.469. The second-order valence-corrected chi connectivity index (χ2v) is 13.8. The molecule has 3 aromatic rings. The molecule has 3 N–H and O–H groups in total. The number of piperidine rings is 1. The Bertz CT molecular complexity index is 1750. The van der Waals surface area contributed by atoms with Gasteiger partial charge in [0.2, 0.25) is 5.91 Å². The van der Waals surface area contributed by atoms with Gasteiger partial charge in [0.25, 0.3) is 5.91 Å². The van der Waals surface area contributed by atoms with E-state index in [-0.39, 0.29) is 40.5 Å². The first kappa shape index (κ1) is 32.3. The fourth-order valence-electron chi connectivity index (χ4n) is 6.03. The van der Waals surface area contributed by atoms with Crippen molar-refractivity contribution in [1.29, 1.82) is 5.26 Å². The van der Waals surface area contributed by atoms with E-state index in [4.69, 9.17) is 9.47 Å². The number of ether oxygens (including phenoxy) is 2. The summed E-state index contributed by atoms with van der Waals surface area (Å²) in [4.78, 5) is 33.9. The molecule has 4 aliphatic rings. The van der Waals surface area contributed by atoms with E-state index in [9.17, 15) is 23.6 Å². The highest BCUT2D eigenvalue weighted by atomic mass is 32.2. The summed E-state index contributed by atoms with van der Waals surface area (Å²) >= 11 is 1.57. The van der Waals surface area contributed by atoms with Crippen molar-refractivity contribution in [1.82, 2.24) is 40.6 Å². The van der Waals surface area contributed by atoms with Crippen molar-refractivity contribution in [2.75, 3.05) is 39.4 Å². The monoisotopic (exact) mass is 679 g/mol. The van der Waals surface area contributed by atoms with Gasteiger partial charge >= 0.3 is 6.61 Å². The highest BCUT2D eigenvalue weighted by Gasteiger charge is 2.43. The largest absolute Gasteiger partial charge is 0.434 e. The zero-order chi connectivity index (χ0) is 33.3. The molecule has 13 nitrogen and oxygen atoms in total. The number of rotatable bonds is 12. The zero-order valence-electron chi connectivity index (χ0n) is 26.0. The molecule has 1 unspecified atom stereocenters. The molecular formula is C32H35F2N9O4S. The van der Waals surface area contributed by atoms with Crippen molar-refractivity contribution < 1.29 is 27.8 Å². The van der Waals surface area contributed by atoms with E-state index >= 15 is 0 Å². The predicted octanol–water partition coefficient (Wildman–Crippen LogP) is 2.84. The molecule has 5 heterocycles. The molecule has 0 spiro atoms. The number of amides is 2. The van der Waals surface area contributed by atoms with Gasteiger partial charge in [-0.05, 0) is 49.9 Å². The van der Waals surface area contributed by atoms with Crippen molar-refractivity contribution in [2.24, 2.45) is 5.41 Å². The number of likely N-dealkylation sites (tertiary alicyclic amines) is 1. The van der Waals surface area contributed by atoms with Crippen LogP contribution in [0.3, 0.4) is 0 Å². The molecule has 1 aliphatic carbocycles. The molecule has 0 bridgehead atoms. The average Bonchev–Trinajstić information content (AvgIpc) is 3.55. The number of fused-ring (bicyclic) bond motifs is 1. The number of nitrogens with one attached hydrogen (secondary N) is 3. The maximum atomic E-state index is 13.6. The lowest BCUT2D eigenvalue weighted by Gasteiger charge is -2.34. The van der Waals surface area contributed by atoms with Gasteiger partial charge in [0.05, 0.1) is 47.9 Å². The molecule has 1 saturated carbocycles. The molecule has 1 aromatic carbocycles. The van der Waals surface area contributed by atoms with Gasteiger partial charge < -0.3 is 30.0 Å². The summed E-state index contributed by atoms with van der Waals surface area (Å²) in [7, 11) is 0. The number of nitrogens with zero attached hydrogens (tertiary/aromatic N) is 6. The quantitative estimate of drug-likeness (QED) is 0.260. The highest BCUT2D eigenvalue weighted by molar-refractivity contribution is 8.00. The van der Waals surface area contributed by atoms with Crippen LogP contribution >= 0.6 is 11.8 Å². The lowest BCUT2D eigenvalue weighted by Crippen LogP contribution is -2.49. The van der Waals surface area contributed by atoms with E-state index in [0.29, 0.717) is 49.8 Å². The van der Waals surface area contributed by atoms with Gasteiger partial charge in [-0.2, -0.15) is 19.1 Å². The number of halogens is 2. The van der Waals surface area contributed by atoms with Gasteiger partial charge in [-0.1, -0.05) is 0 Å². The van der Waals surface area contributed by atoms with Crippen molar-refractivity contribution in [3.8, 4) is 11.8 Å². The summed E-state index contributed by atoms with van der Waals surface area (Å²) < 4.78 is 38.8. The first-order valence-corrected chi connectivity index (χ1v) is 16.8. The van der Waals surface area contributed by atoms with E-state index < -0.39 is 18.6 Å². The summed E-state index contributed by atoms with van der Waals surface area (Å²) in [6, 6.07) is 8.49. The Labute approximate surface area is 279 Å². The topological polar surface area (TPSA) is 149 Å². The molecule has 2 amide bonds. The Morgan fingerprint density at radius 2 is 2.06 bits per heavy atom. The smallest absolute Gasteiger partial charge is 0.387 e. The average molecular weight is 680 g/mol. The van der Waals surface area contributed by atoms with Crippen LogP contribution in [0, 0.1) is 16.7 Å². The number of benzene rings is 1. The van der Waals surface area contributed by atoms with Crippen molar-refractivity contribution >= 4 is 29.2 Å². The molecule has 48 heavy (non-hydrogen) atoms. The molecular weight excluding hydrogens is 644 g/mol. The van der Waals surface area contributed by atoms with Crippen molar-refractivity contribution in [3.05, 3.63) is 65.9 Å². The van der Waals surface area contributed by atoms with E-state index in [1.807, 2.05) is 0 Å². The van der Waals surface area contributed by atoms with Gasteiger partial charge in [0.1, 0.15) is 17.9 Å². The van der Waals surface area contributed by atoms with Gasteiger partial charge in [0, 0.05) is 54.7 Å². The number of hydrogen-bond acceptors (Lipinski definition) is 11. The Morgan fingerprint density at radius 3 is 2.77 bits per heavy atom. The molecule has 2 aromatic heterocycles. The summed E-state index contributed by atoms with van der Waals surface area (Å²) in [5.41, 5.74) is 4.30. The van der Waals surface area contributed by atoms with Crippen LogP contribution in [0.25, 0.3) is 5.65 Å². The van der Waals surface area contributed by atoms with E-state index in [1.54, 1.807) is 58.5 Å². The summed E-state index contributed by atoms with van der Waals surface area (Å²) in [6.07, 6.45) is 9.65. The van der Waals surface area contributed by atoms with Crippen LogP contribution in [0.2, 0.25) is 0 Å². The summed E-state index contributed by atoms with van der Waals surface area (Å²) in [5, 5.41) is 21.8. The third kappa shape index (κ3) is 7.09. The van der Waals surface area contributed by atoms with Gasteiger partial charge in [0.15, 0.2) is 5.65 Å². The number of aromatic nitrogens is 3. The molecule has 3 fully saturated rings. The molecule has 7 rings (SSSR count). The summed E-state index contributed by atoms with van der Waals surface area (Å²) in [5.74, 6) is -0.673. The minimum absolute atomic E-state index is 0.0529. The Morgan fingerprint density at radius 1 is 1.25 bits per heavy atom. The molecule has 2 saturated heterocycles. The Hall–Kier alpha value is -4.30. The minimum Gasteiger partial charge on any atom is -0.434 e.